The molecule has 8 aromatic carbocycles. The summed E-state index contributed by atoms with van der Waals surface area (Å²) >= 11 is 4.04. The van der Waals surface area contributed by atoms with Crippen molar-refractivity contribution in [1.82, 2.24) is 0 Å². The van der Waals surface area contributed by atoms with Crippen molar-refractivity contribution < 1.29 is 0 Å². The summed E-state index contributed by atoms with van der Waals surface area (Å²) in [6.07, 6.45) is 9.41. The summed E-state index contributed by atoms with van der Waals surface area (Å²) in [5.74, 6) is 0. The van der Waals surface area contributed by atoms with E-state index in [9.17, 15) is 0 Å². The molecule has 2 atom stereocenters. The zero-order chi connectivity index (χ0) is 61.4. The molecular formula is C82H88BN3S2. The van der Waals surface area contributed by atoms with Crippen LogP contribution in [0.5, 0.6) is 0 Å². The molecule has 0 bridgehead atoms. The van der Waals surface area contributed by atoms with Gasteiger partial charge in [0, 0.05) is 74.6 Å². The zero-order valence-electron chi connectivity index (χ0n) is 55.2. The van der Waals surface area contributed by atoms with E-state index in [1.807, 2.05) is 11.3 Å². The van der Waals surface area contributed by atoms with E-state index in [4.69, 9.17) is 0 Å². The second-order valence-electron chi connectivity index (χ2n) is 33.0. The molecule has 88 heavy (non-hydrogen) atoms. The van der Waals surface area contributed by atoms with Gasteiger partial charge in [0.15, 0.2) is 0 Å². The highest BCUT2D eigenvalue weighted by Gasteiger charge is 2.62. The van der Waals surface area contributed by atoms with Crippen molar-refractivity contribution in [2.75, 3.05) is 14.7 Å². The van der Waals surface area contributed by atoms with E-state index in [2.05, 4.69) is 282 Å². The van der Waals surface area contributed by atoms with E-state index < -0.39 is 0 Å². The normalized spacial score (nSPS) is 21.7. The molecule has 0 N–H and O–H groups in total. The third kappa shape index (κ3) is 7.97. The highest BCUT2D eigenvalue weighted by molar-refractivity contribution is 7.33. The van der Waals surface area contributed by atoms with Gasteiger partial charge in [-0.15, -0.1) is 22.7 Å². The number of hydrogen-bond acceptors (Lipinski definition) is 5. The fraction of sp³-hybridized carbons (Fsp3) is 0.390. The van der Waals surface area contributed by atoms with Gasteiger partial charge >= 0.3 is 0 Å². The van der Waals surface area contributed by atoms with Crippen LogP contribution in [0.4, 0.5) is 45.5 Å². The summed E-state index contributed by atoms with van der Waals surface area (Å²) in [4.78, 5) is 8.41. The van der Waals surface area contributed by atoms with Crippen LogP contribution in [0.15, 0.2) is 146 Å². The maximum atomic E-state index is 2.97. The first-order valence-corrected chi connectivity index (χ1v) is 34.9. The monoisotopic (exact) mass is 1190 g/mol. The van der Waals surface area contributed by atoms with Crippen molar-refractivity contribution >= 4 is 121 Å². The van der Waals surface area contributed by atoms with Crippen LogP contribution in [-0.4, -0.2) is 12.3 Å². The Labute approximate surface area is 533 Å². The Hall–Kier alpha value is -6.60. The van der Waals surface area contributed by atoms with Crippen LogP contribution in [0.25, 0.3) is 41.4 Å². The number of fused-ring (bicyclic) bond motifs is 14. The molecule has 1 saturated carbocycles. The van der Waals surface area contributed by atoms with Gasteiger partial charge in [0.05, 0.1) is 16.9 Å². The Morgan fingerprint density at radius 3 is 1.68 bits per heavy atom. The summed E-state index contributed by atoms with van der Waals surface area (Å²) < 4.78 is 5.60. The van der Waals surface area contributed by atoms with Crippen LogP contribution < -0.4 is 30.4 Å². The molecule has 16 rings (SSSR count). The molecular weight excluding hydrogens is 1100 g/mol. The topological polar surface area (TPSA) is 9.72 Å². The Bertz CT molecular complexity index is 4530. The number of hydrogen-bond donors (Lipinski definition) is 0. The average molecular weight is 1190 g/mol. The van der Waals surface area contributed by atoms with Crippen molar-refractivity contribution in [1.29, 1.82) is 0 Å². The standard InChI is InChI=1S/C82H88BN3S2/c1-75(2,3)50-26-30-52(31-27-50)84(53-32-28-51(29-33-53)76(4,5)6)55-45-65-71-66(46-55)86-73-63(81(15)36-19-20-37-82(81,86)16)42-49(56-23-21-25-68-70(56)57-22-17-18-24-67(57)87-68)43-64(73)83(71)74-72(58-47-61-62(48-69(58)88-74)80(13,14)41-40-79(61,11)12)85(65)54-34-35-59-60(44-54)78(9,10)39-38-77(59,7)8/h17-18,21-35,42-48H,19-20,36-41H2,1-16H3. The molecule has 6 heteroatoms. The number of thiophene rings is 2. The Morgan fingerprint density at radius 2 is 1.03 bits per heavy atom. The molecule has 2 unspecified atom stereocenters. The first kappa shape index (κ1) is 56.6. The van der Waals surface area contributed by atoms with Gasteiger partial charge in [-0.2, -0.15) is 0 Å². The van der Waals surface area contributed by atoms with Crippen molar-refractivity contribution in [3.63, 3.8) is 0 Å². The molecule has 10 aromatic rings. The highest BCUT2D eigenvalue weighted by Crippen LogP contribution is 2.64. The minimum Gasteiger partial charge on any atom is -0.335 e. The van der Waals surface area contributed by atoms with Gasteiger partial charge in [-0.05, 0) is 218 Å². The van der Waals surface area contributed by atoms with Crippen LogP contribution in [-0.2, 0) is 37.9 Å². The predicted molar refractivity (Wildman–Crippen MR) is 385 cm³/mol. The summed E-state index contributed by atoms with van der Waals surface area (Å²) in [6.45, 7) is 39.4. The first-order chi connectivity index (χ1) is 41.6. The smallest absolute Gasteiger partial charge is 0.264 e. The lowest BCUT2D eigenvalue weighted by molar-refractivity contribution is 0.195. The van der Waals surface area contributed by atoms with Crippen molar-refractivity contribution in [3.05, 3.63) is 185 Å². The largest absolute Gasteiger partial charge is 0.335 e. The molecule has 0 saturated heterocycles. The summed E-state index contributed by atoms with van der Waals surface area (Å²) in [5, 5.41) is 4.14. The predicted octanol–water partition coefficient (Wildman–Crippen LogP) is 22.1. The SMILES string of the molecule is CC(C)(C)c1ccc(N(c2ccc(C(C)(C)C)cc2)c2cc3c4c(c2)N2c5c(cc(-c6cccc7sc8ccccc8c67)cc5C5(C)CCCCC25C)B4c2sc4cc5c(cc4c2N3c2ccc3c(c2)C(C)(C)CCC3(C)C)C(C)(C)CCC5(C)C)cc1. The van der Waals surface area contributed by atoms with Crippen molar-refractivity contribution in [3.8, 4) is 11.1 Å². The lowest BCUT2D eigenvalue weighted by atomic mass is 9.36. The van der Waals surface area contributed by atoms with Gasteiger partial charge in [-0.1, -0.05) is 183 Å². The molecule has 0 radical (unpaired) electrons. The summed E-state index contributed by atoms with van der Waals surface area (Å²) in [5.41, 5.74) is 26.1. The second-order valence-corrected chi connectivity index (χ2v) is 35.1. The molecule has 5 heterocycles. The molecule has 1 fully saturated rings. The van der Waals surface area contributed by atoms with Crippen molar-refractivity contribution in [2.45, 2.75) is 206 Å². The number of benzene rings is 8. The average Bonchev–Trinajstić information content (AvgIpc) is 1.46. The van der Waals surface area contributed by atoms with E-state index in [1.54, 1.807) is 0 Å². The second kappa shape index (κ2) is 18.5. The molecule has 3 aliphatic carbocycles. The zero-order valence-corrected chi connectivity index (χ0v) is 56.9. The Morgan fingerprint density at radius 1 is 0.455 bits per heavy atom. The van der Waals surface area contributed by atoms with Crippen molar-refractivity contribution in [2.24, 2.45) is 0 Å². The Kier molecular flexibility index (Phi) is 11.9. The molecule has 3 aliphatic heterocycles. The van der Waals surface area contributed by atoms with Crippen LogP contribution >= 0.6 is 22.7 Å². The van der Waals surface area contributed by atoms with E-state index >= 15 is 0 Å². The molecule has 3 nitrogen and oxygen atoms in total. The van der Waals surface area contributed by atoms with Crippen LogP contribution in [0, 0.1) is 0 Å². The first-order valence-electron chi connectivity index (χ1n) is 33.2. The van der Waals surface area contributed by atoms with E-state index in [-0.39, 0.29) is 50.2 Å². The number of rotatable bonds is 5. The minimum atomic E-state index is -0.199. The highest BCUT2D eigenvalue weighted by atomic mass is 32.1. The molecule has 2 aromatic heterocycles. The van der Waals surface area contributed by atoms with E-state index in [0.29, 0.717) is 0 Å². The minimum absolute atomic E-state index is 0.0138. The van der Waals surface area contributed by atoms with Gasteiger partial charge in [0.1, 0.15) is 0 Å². The van der Waals surface area contributed by atoms with Crippen LogP contribution in [0.3, 0.4) is 0 Å². The van der Waals surface area contributed by atoms with Gasteiger partial charge < -0.3 is 14.7 Å². The van der Waals surface area contributed by atoms with Gasteiger partial charge in [-0.3, -0.25) is 0 Å². The molecule has 446 valence electrons. The third-order valence-electron chi connectivity index (χ3n) is 23.6. The maximum absolute atomic E-state index is 2.97. The summed E-state index contributed by atoms with van der Waals surface area (Å²) in [7, 11) is 0. The lowest BCUT2D eigenvalue weighted by Gasteiger charge is -2.52. The molecule has 0 spiro atoms. The number of nitrogens with zero attached hydrogens (tertiary/aromatic N) is 3. The van der Waals surface area contributed by atoms with Crippen LogP contribution in [0.1, 0.15) is 201 Å². The summed E-state index contributed by atoms with van der Waals surface area (Å²) in [6, 6.07) is 59.3. The van der Waals surface area contributed by atoms with Gasteiger partial charge in [-0.25, -0.2) is 0 Å². The Balaban J connectivity index is 1.06. The number of anilines is 8. The third-order valence-corrected chi connectivity index (χ3v) is 26.0. The maximum Gasteiger partial charge on any atom is 0.264 e. The van der Waals surface area contributed by atoms with Gasteiger partial charge in [0.25, 0.3) is 6.71 Å². The van der Waals surface area contributed by atoms with Crippen LogP contribution in [0.2, 0.25) is 0 Å². The molecule has 6 aliphatic rings. The van der Waals surface area contributed by atoms with E-state index in [1.165, 1.54) is 174 Å². The van der Waals surface area contributed by atoms with E-state index in [0.717, 1.165) is 19.3 Å². The fourth-order valence-electron chi connectivity index (χ4n) is 17.8. The quantitative estimate of drug-likeness (QED) is 0.159. The lowest BCUT2D eigenvalue weighted by Crippen LogP contribution is -2.64. The fourth-order valence-corrected chi connectivity index (χ4v) is 20.3. The van der Waals surface area contributed by atoms with Gasteiger partial charge in [0.2, 0.25) is 0 Å². The molecule has 0 amide bonds.